The predicted octanol–water partition coefficient (Wildman–Crippen LogP) is 1.93. The van der Waals surface area contributed by atoms with Crippen LogP contribution < -0.4 is 5.73 Å². The Labute approximate surface area is 66.7 Å². The molecule has 2 heteroatoms. The molecule has 1 aromatic rings. The summed E-state index contributed by atoms with van der Waals surface area (Å²) < 4.78 is 0. The number of phenols is 1. The molecule has 0 bridgehead atoms. The first-order valence-corrected chi connectivity index (χ1v) is 3.81. The first-order valence-electron chi connectivity index (χ1n) is 3.81. The lowest BCUT2D eigenvalue weighted by Crippen LogP contribution is -1.88. The van der Waals surface area contributed by atoms with E-state index in [2.05, 4.69) is 6.92 Å². The van der Waals surface area contributed by atoms with Gasteiger partial charge in [-0.2, -0.15) is 0 Å². The highest BCUT2D eigenvalue weighted by Crippen LogP contribution is 2.21. The second-order valence-corrected chi connectivity index (χ2v) is 2.64. The van der Waals surface area contributed by atoms with Gasteiger partial charge in [0.15, 0.2) is 0 Å². The summed E-state index contributed by atoms with van der Waals surface area (Å²) in [5.41, 5.74) is 7.02. The molecule has 0 aliphatic rings. The van der Waals surface area contributed by atoms with Crippen molar-refractivity contribution in [2.45, 2.75) is 19.8 Å². The van der Waals surface area contributed by atoms with Gasteiger partial charge in [-0.3, -0.25) is 0 Å². The third kappa shape index (κ3) is 1.87. The summed E-state index contributed by atoms with van der Waals surface area (Å²) in [5.74, 6) is 0.191. The number of phenolic OH excluding ortho intramolecular Hbond substituents is 1. The smallest absolute Gasteiger partial charge is 0.138 e. The van der Waals surface area contributed by atoms with Crippen molar-refractivity contribution < 1.29 is 5.11 Å². The molecule has 2 nitrogen and oxygen atoms in total. The Bertz CT molecular complexity index is 245. The molecule has 0 spiro atoms. The van der Waals surface area contributed by atoms with E-state index in [0.29, 0.717) is 5.69 Å². The molecular formula is C9H13NO. The molecule has 0 unspecified atom stereocenters. The number of aromatic hydroxyl groups is 1. The second-order valence-electron chi connectivity index (χ2n) is 2.64. The van der Waals surface area contributed by atoms with Crippen LogP contribution in [0.5, 0.6) is 5.75 Å². The predicted molar refractivity (Wildman–Crippen MR) is 46.5 cm³/mol. The molecule has 0 radical (unpaired) electrons. The number of hydrogen-bond donors (Lipinski definition) is 2. The third-order valence-electron chi connectivity index (χ3n) is 1.63. The van der Waals surface area contributed by atoms with E-state index in [-0.39, 0.29) is 5.75 Å². The first kappa shape index (κ1) is 7.92. The van der Waals surface area contributed by atoms with Crippen LogP contribution in [-0.4, -0.2) is 5.11 Å². The van der Waals surface area contributed by atoms with Crippen molar-refractivity contribution in [2.75, 3.05) is 5.73 Å². The van der Waals surface area contributed by atoms with Gasteiger partial charge < -0.3 is 10.8 Å². The van der Waals surface area contributed by atoms with E-state index in [1.807, 2.05) is 6.07 Å². The summed E-state index contributed by atoms with van der Waals surface area (Å²) in [6.45, 7) is 2.10. The maximum Gasteiger partial charge on any atom is 0.138 e. The van der Waals surface area contributed by atoms with Crippen molar-refractivity contribution in [3.63, 3.8) is 0 Å². The lowest BCUT2D eigenvalue weighted by molar-refractivity contribution is 0.477. The number of aryl methyl sites for hydroxylation is 1. The number of nitrogen functional groups attached to an aromatic ring is 1. The van der Waals surface area contributed by atoms with Crippen molar-refractivity contribution in [3.05, 3.63) is 23.8 Å². The number of benzene rings is 1. The molecule has 60 valence electrons. The van der Waals surface area contributed by atoms with Crippen LogP contribution >= 0.6 is 0 Å². The topological polar surface area (TPSA) is 46.2 Å². The van der Waals surface area contributed by atoms with Crippen molar-refractivity contribution in [2.24, 2.45) is 0 Å². The lowest BCUT2D eigenvalue weighted by atomic mass is 10.1. The van der Waals surface area contributed by atoms with Crippen LogP contribution in [0, 0.1) is 0 Å². The standard InChI is InChI=1S/C9H13NO/c1-2-3-7-4-5-8(10)9(11)6-7/h4-6,11H,2-3,10H2,1H3. The van der Waals surface area contributed by atoms with Gasteiger partial charge in [-0.15, -0.1) is 0 Å². The zero-order chi connectivity index (χ0) is 8.27. The van der Waals surface area contributed by atoms with Crippen LogP contribution in [0.15, 0.2) is 18.2 Å². The van der Waals surface area contributed by atoms with E-state index < -0.39 is 0 Å². The van der Waals surface area contributed by atoms with E-state index in [9.17, 15) is 5.11 Å². The zero-order valence-electron chi connectivity index (χ0n) is 6.67. The van der Waals surface area contributed by atoms with Crippen LogP contribution in [0.4, 0.5) is 5.69 Å². The summed E-state index contributed by atoms with van der Waals surface area (Å²) in [5, 5.41) is 9.20. The first-order chi connectivity index (χ1) is 5.24. The van der Waals surface area contributed by atoms with Gasteiger partial charge in [-0.1, -0.05) is 19.4 Å². The highest BCUT2D eigenvalue weighted by atomic mass is 16.3. The number of nitrogens with two attached hydrogens (primary N) is 1. The summed E-state index contributed by atoms with van der Waals surface area (Å²) in [7, 11) is 0. The van der Waals surface area contributed by atoms with E-state index in [4.69, 9.17) is 5.73 Å². The Balaban J connectivity index is 2.86. The van der Waals surface area contributed by atoms with Gasteiger partial charge >= 0.3 is 0 Å². The van der Waals surface area contributed by atoms with Crippen LogP contribution in [0.2, 0.25) is 0 Å². The Morgan fingerprint density at radius 1 is 1.45 bits per heavy atom. The second kappa shape index (κ2) is 3.28. The van der Waals surface area contributed by atoms with Gasteiger partial charge in [-0.25, -0.2) is 0 Å². The van der Waals surface area contributed by atoms with Crippen molar-refractivity contribution >= 4 is 5.69 Å². The highest BCUT2D eigenvalue weighted by Gasteiger charge is 1.96. The van der Waals surface area contributed by atoms with Gasteiger partial charge in [0.25, 0.3) is 0 Å². The third-order valence-corrected chi connectivity index (χ3v) is 1.63. The SMILES string of the molecule is CCCc1ccc(N)c(O)c1. The number of anilines is 1. The molecule has 0 atom stereocenters. The fourth-order valence-electron chi connectivity index (χ4n) is 1.03. The Morgan fingerprint density at radius 3 is 2.73 bits per heavy atom. The Kier molecular flexibility index (Phi) is 2.36. The summed E-state index contributed by atoms with van der Waals surface area (Å²) in [6, 6.07) is 5.40. The molecule has 0 aliphatic carbocycles. The molecule has 0 aromatic heterocycles. The van der Waals surface area contributed by atoms with Crippen LogP contribution in [-0.2, 0) is 6.42 Å². The van der Waals surface area contributed by atoms with Gasteiger partial charge in [-0.05, 0) is 24.1 Å². The minimum absolute atomic E-state index is 0.191. The number of hydrogen-bond acceptors (Lipinski definition) is 2. The number of rotatable bonds is 2. The van der Waals surface area contributed by atoms with Crippen LogP contribution in [0.3, 0.4) is 0 Å². The molecule has 0 saturated heterocycles. The molecule has 0 heterocycles. The molecule has 0 amide bonds. The van der Waals surface area contributed by atoms with Crippen molar-refractivity contribution in [1.29, 1.82) is 0 Å². The minimum atomic E-state index is 0.191. The molecule has 1 aromatic carbocycles. The van der Waals surface area contributed by atoms with Crippen LogP contribution in [0.25, 0.3) is 0 Å². The maximum atomic E-state index is 9.20. The fourth-order valence-corrected chi connectivity index (χ4v) is 1.03. The average molecular weight is 151 g/mol. The molecule has 1 rings (SSSR count). The summed E-state index contributed by atoms with van der Waals surface area (Å²) in [6.07, 6.45) is 2.08. The summed E-state index contributed by atoms with van der Waals surface area (Å²) >= 11 is 0. The Hall–Kier alpha value is -1.18. The molecule has 0 fully saturated rings. The summed E-state index contributed by atoms with van der Waals surface area (Å²) in [4.78, 5) is 0. The quantitative estimate of drug-likeness (QED) is 0.501. The highest BCUT2D eigenvalue weighted by molar-refractivity contribution is 5.52. The van der Waals surface area contributed by atoms with Gasteiger partial charge in [0.2, 0.25) is 0 Å². The van der Waals surface area contributed by atoms with Crippen LogP contribution in [0.1, 0.15) is 18.9 Å². The lowest BCUT2D eigenvalue weighted by Gasteiger charge is -2.01. The fraction of sp³-hybridized carbons (Fsp3) is 0.333. The van der Waals surface area contributed by atoms with Gasteiger partial charge in [0, 0.05) is 0 Å². The van der Waals surface area contributed by atoms with E-state index in [1.54, 1.807) is 12.1 Å². The van der Waals surface area contributed by atoms with Crippen molar-refractivity contribution in [1.82, 2.24) is 0 Å². The maximum absolute atomic E-state index is 9.20. The van der Waals surface area contributed by atoms with Gasteiger partial charge in [0.1, 0.15) is 5.75 Å². The molecular weight excluding hydrogens is 138 g/mol. The van der Waals surface area contributed by atoms with Gasteiger partial charge in [0.05, 0.1) is 5.69 Å². The van der Waals surface area contributed by atoms with E-state index in [0.717, 1.165) is 18.4 Å². The monoisotopic (exact) mass is 151 g/mol. The van der Waals surface area contributed by atoms with E-state index >= 15 is 0 Å². The molecule has 11 heavy (non-hydrogen) atoms. The normalized spacial score (nSPS) is 9.91. The molecule has 0 aliphatic heterocycles. The largest absolute Gasteiger partial charge is 0.506 e. The molecule has 3 N–H and O–H groups in total. The molecule has 0 saturated carbocycles. The van der Waals surface area contributed by atoms with E-state index in [1.165, 1.54) is 0 Å². The Morgan fingerprint density at radius 2 is 2.18 bits per heavy atom. The average Bonchev–Trinajstić information content (AvgIpc) is 1.98. The minimum Gasteiger partial charge on any atom is -0.506 e. The van der Waals surface area contributed by atoms with Crippen molar-refractivity contribution in [3.8, 4) is 5.75 Å². The zero-order valence-corrected chi connectivity index (χ0v) is 6.67.